The normalized spacial score (nSPS) is 17.7. The predicted molar refractivity (Wildman–Crippen MR) is 64.0 cm³/mol. The first-order chi connectivity index (χ1) is 8.24. The molecule has 1 aromatic carbocycles. The van der Waals surface area contributed by atoms with E-state index in [2.05, 4.69) is 0 Å². The van der Waals surface area contributed by atoms with Gasteiger partial charge in [-0.1, -0.05) is 30.3 Å². The van der Waals surface area contributed by atoms with Crippen LogP contribution in [0.25, 0.3) is 0 Å². The lowest BCUT2D eigenvalue weighted by Gasteiger charge is -2.28. The Hall–Kier alpha value is -1.80. The van der Waals surface area contributed by atoms with Gasteiger partial charge in [0.25, 0.3) is 0 Å². The number of hydrogen-bond donors (Lipinski definition) is 0. The van der Waals surface area contributed by atoms with Crippen molar-refractivity contribution in [3.05, 3.63) is 35.9 Å². The molecule has 0 radical (unpaired) electrons. The predicted octanol–water partition coefficient (Wildman–Crippen LogP) is 1.35. The molecule has 0 aliphatic carbocycles. The third-order valence-corrected chi connectivity index (χ3v) is 3.39. The van der Waals surface area contributed by atoms with Gasteiger partial charge in [0, 0.05) is 0 Å². The van der Waals surface area contributed by atoms with Crippen molar-refractivity contribution in [1.29, 1.82) is 5.26 Å². The Balaban J connectivity index is 2.33. The highest BCUT2D eigenvalue weighted by molar-refractivity contribution is 8.00. The summed E-state index contributed by atoms with van der Waals surface area (Å²) in [6.07, 6.45) is 0. The number of carbonyl (C=O) groups excluding carboxylic acids is 2. The van der Waals surface area contributed by atoms with Crippen molar-refractivity contribution in [3.63, 3.8) is 0 Å². The fourth-order valence-electron chi connectivity index (χ4n) is 1.71. The molecule has 0 bridgehead atoms. The zero-order valence-electron chi connectivity index (χ0n) is 9.00. The molecule has 1 aliphatic heterocycles. The topological polar surface area (TPSA) is 61.2 Å². The van der Waals surface area contributed by atoms with Gasteiger partial charge < -0.3 is 0 Å². The average molecular weight is 246 g/mol. The molecular formula is C12H10N2O2S. The second kappa shape index (κ2) is 5.02. The molecule has 17 heavy (non-hydrogen) atoms. The smallest absolute Gasteiger partial charge is 0.240 e. The molecule has 0 aromatic heterocycles. The summed E-state index contributed by atoms with van der Waals surface area (Å²) in [6, 6.07) is 10.1. The van der Waals surface area contributed by atoms with Crippen LogP contribution in [0.5, 0.6) is 0 Å². The Morgan fingerprint density at radius 2 is 1.76 bits per heavy atom. The summed E-state index contributed by atoms with van der Waals surface area (Å²) in [6.45, 7) is 0. The van der Waals surface area contributed by atoms with Crippen molar-refractivity contribution >= 4 is 23.6 Å². The third-order valence-electron chi connectivity index (χ3n) is 2.48. The summed E-state index contributed by atoms with van der Waals surface area (Å²) in [5, 5.41) is 9.16. The van der Waals surface area contributed by atoms with Gasteiger partial charge in [-0.2, -0.15) is 5.26 Å². The van der Waals surface area contributed by atoms with Crippen LogP contribution in [0.1, 0.15) is 11.6 Å². The van der Waals surface area contributed by atoms with Gasteiger partial charge in [-0.05, 0) is 5.56 Å². The van der Waals surface area contributed by atoms with Gasteiger partial charge in [-0.15, -0.1) is 11.8 Å². The number of carbonyl (C=O) groups is 2. The second-order valence-electron chi connectivity index (χ2n) is 3.59. The number of hydrogen-bond acceptors (Lipinski definition) is 4. The minimum Gasteiger partial charge on any atom is -0.273 e. The van der Waals surface area contributed by atoms with Gasteiger partial charge >= 0.3 is 0 Å². The summed E-state index contributed by atoms with van der Waals surface area (Å²) >= 11 is 1.29. The molecule has 2 rings (SSSR count). The quantitative estimate of drug-likeness (QED) is 0.739. The van der Waals surface area contributed by atoms with Gasteiger partial charge in [-0.25, -0.2) is 0 Å². The molecule has 5 heteroatoms. The van der Waals surface area contributed by atoms with E-state index in [-0.39, 0.29) is 23.3 Å². The Morgan fingerprint density at radius 1 is 1.18 bits per heavy atom. The maximum atomic E-state index is 11.7. The zero-order valence-corrected chi connectivity index (χ0v) is 9.81. The van der Waals surface area contributed by atoms with Crippen molar-refractivity contribution < 1.29 is 9.59 Å². The molecule has 1 heterocycles. The van der Waals surface area contributed by atoms with Crippen LogP contribution in [0.2, 0.25) is 0 Å². The van der Waals surface area contributed by atoms with Crippen LogP contribution in [0.15, 0.2) is 30.3 Å². The van der Waals surface area contributed by atoms with Gasteiger partial charge in [0.1, 0.15) is 0 Å². The number of nitriles is 1. The van der Waals surface area contributed by atoms with Crippen LogP contribution < -0.4 is 0 Å². The fourth-order valence-corrected chi connectivity index (χ4v) is 2.44. The molecule has 0 saturated carbocycles. The van der Waals surface area contributed by atoms with Crippen LogP contribution >= 0.6 is 11.8 Å². The second-order valence-corrected chi connectivity index (χ2v) is 4.58. The summed E-state index contributed by atoms with van der Waals surface area (Å²) < 4.78 is 0. The van der Waals surface area contributed by atoms with E-state index >= 15 is 0 Å². The molecule has 2 amide bonds. The molecule has 1 aromatic rings. The molecule has 1 aliphatic rings. The van der Waals surface area contributed by atoms with E-state index in [0.29, 0.717) is 5.56 Å². The number of thioether (sulfide) groups is 1. The highest BCUT2D eigenvalue weighted by Crippen LogP contribution is 2.24. The SMILES string of the molecule is N#CC(c1ccccc1)N1C(=O)CSCC1=O. The van der Waals surface area contributed by atoms with E-state index in [9.17, 15) is 9.59 Å². The van der Waals surface area contributed by atoms with Crippen molar-refractivity contribution in [2.45, 2.75) is 6.04 Å². The maximum Gasteiger partial charge on any atom is 0.240 e. The van der Waals surface area contributed by atoms with E-state index < -0.39 is 6.04 Å². The molecule has 0 N–H and O–H groups in total. The largest absolute Gasteiger partial charge is 0.273 e. The van der Waals surface area contributed by atoms with Crippen LogP contribution in [0.3, 0.4) is 0 Å². The summed E-state index contributed by atoms with van der Waals surface area (Å²) in [5.74, 6) is -0.0589. The van der Waals surface area contributed by atoms with Gasteiger partial charge in [0.2, 0.25) is 11.8 Å². The van der Waals surface area contributed by atoms with Crippen molar-refractivity contribution in [2.75, 3.05) is 11.5 Å². The van der Waals surface area contributed by atoms with E-state index in [1.54, 1.807) is 24.3 Å². The summed E-state index contributed by atoms with van der Waals surface area (Å²) in [5.41, 5.74) is 0.670. The van der Waals surface area contributed by atoms with Crippen LogP contribution in [-0.2, 0) is 9.59 Å². The monoisotopic (exact) mass is 246 g/mol. The molecular weight excluding hydrogens is 236 g/mol. The first-order valence-electron chi connectivity index (χ1n) is 5.11. The minimum absolute atomic E-state index is 0.261. The number of nitrogens with zero attached hydrogens (tertiary/aromatic N) is 2. The van der Waals surface area contributed by atoms with Gasteiger partial charge in [-0.3, -0.25) is 14.5 Å². The maximum absolute atomic E-state index is 11.7. The van der Waals surface area contributed by atoms with Crippen LogP contribution in [-0.4, -0.2) is 28.2 Å². The Kier molecular flexibility index (Phi) is 3.45. The van der Waals surface area contributed by atoms with Crippen LogP contribution in [0.4, 0.5) is 0 Å². The van der Waals surface area contributed by atoms with Crippen LogP contribution in [0, 0.1) is 11.3 Å². The van der Waals surface area contributed by atoms with E-state index in [4.69, 9.17) is 5.26 Å². The standard InChI is InChI=1S/C12H10N2O2S/c13-6-10(9-4-2-1-3-5-9)14-11(15)7-17-8-12(14)16/h1-5,10H,7-8H2. The molecule has 1 saturated heterocycles. The van der Waals surface area contributed by atoms with E-state index in [1.165, 1.54) is 11.8 Å². The highest BCUT2D eigenvalue weighted by Gasteiger charge is 2.33. The molecule has 1 atom stereocenters. The number of amides is 2. The average Bonchev–Trinajstić information content (AvgIpc) is 2.35. The molecule has 1 unspecified atom stereocenters. The van der Waals surface area contributed by atoms with Crippen molar-refractivity contribution in [3.8, 4) is 6.07 Å². The molecule has 1 fully saturated rings. The lowest BCUT2D eigenvalue weighted by molar-refractivity contribution is -0.143. The number of imide groups is 1. The lowest BCUT2D eigenvalue weighted by atomic mass is 10.1. The number of rotatable bonds is 2. The Bertz CT molecular complexity index is 465. The van der Waals surface area contributed by atoms with Crippen molar-refractivity contribution in [1.82, 2.24) is 4.90 Å². The van der Waals surface area contributed by atoms with Crippen molar-refractivity contribution in [2.24, 2.45) is 0 Å². The minimum atomic E-state index is -0.808. The first kappa shape index (κ1) is 11.7. The zero-order chi connectivity index (χ0) is 12.3. The number of benzene rings is 1. The highest BCUT2D eigenvalue weighted by atomic mass is 32.2. The van der Waals surface area contributed by atoms with E-state index in [1.807, 2.05) is 12.1 Å². The third kappa shape index (κ3) is 2.32. The van der Waals surface area contributed by atoms with Gasteiger partial charge in [0.05, 0.1) is 17.6 Å². The molecule has 4 nitrogen and oxygen atoms in total. The first-order valence-corrected chi connectivity index (χ1v) is 6.26. The Morgan fingerprint density at radius 3 is 2.29 bits per heavy atom. The molecule has 86 valence electrons. The van der Waals surface area contributed by atoms with E-state index in [0.717, 1.165) is 4.90 Å². The van der Waals surface area contributed by atoms with Gasteiger partial charge in [0.15, 0.2) is 6.04 Å². The summed E-state index contributed by atoms with van der Waals surface area (Å²) in [7, 11) is 0. The molecule has 0 spiro atoms. The lowest BCUT2D eigenvalue weighted by Crippen LogP contribution is -2.44. The Labute approximate surface area is 103 Å². The fraction of sp³-hybridized carbons (Fsp3) is 0.250. The summed E-state index contributed by atoms with van der Waals surface area (Å²) in [4.78, 5) is 24.5.